The number of allylic oxidation sites excluding steroid dienone is 1. The fourth-order valence-electron chi connectivity index (χ4n) is 0.281. The molecule has 0 aromatic carbocycles. The summed E-state index contributed by atoms with van der Waals surface area (Å²) in [5, 5.41) is 2.03. The van der Waals surface area contributed by atoms with Crippen LogP contribution in [-0.4, -0.2) is 12.1 Å². The van der Waals surface area contributed by atoms with E-state index in [2.05, 4.69) is 4.99 Å². The zero-order chi connectivity index (χ0) is 4.24. The molecule has 0 atom stereocenters. The van der Waals surface area contributed by atoms with Crippen LogP contribution in [0.2, 0.25) is 0 Å². The minimum atomic E-state index is 0.899. The van der Waals surface area contributed by atoms with Crippen LogP contribution in [0.3, 0.4) is 0 Å². The molecule has 0 fully saturated rings. The Morgan fingerprint density at radius 1 is 1.67 bits per heavy atom. The monoisotopic (exact) mass is 99.0 g/mol. The van der Waals surface area contributed by atoms with E-state index < -0.39 is 0 Å². The molecule has 0 N–H and O–H groups in total. The minimum Gasteiger partial charge on any atom is -0.282 e. The molecule has 0 aliphatic carbocycles. The molecule has 32 valence electrons. The van der Waals surface area contributed by atoms with Crippen LogP contribution in [0.15, 0.2) is 16.5 Å². The van der Waals surface area contributed by atoms with E-state index in [1.54, 1.807) is 11.8 Å². The molecule has 1 nitrogen and oxygen atoms in total. The fourth-order valence-corrected chi connectivity index (χ4v) is 0.720. The Balaban J connectivity index is 2.46. The summed E-state index contributed by atoms with van der Waals surface area (Å²) in [4.78, 5) is 3.93. The summed E-state index contributed by atoms with van der Waals surface area (Å²) in [6, 6.07) is 0. The first-order valence-electron chi connectivity index (χ1n) is 1.77. The largest absolute Gasteiger partial charge is 0.282 e. The van der Waals surface area contributed by atoms with Crippen LogP contribution in [0, 0.1) is 0 Å². The zero-order valence-electron chi connectivity index (χ0n) is 3.29. The summed E-state index contributed by atoms with van der Waals surface area (Å²) in [5.41, 5.74) is 0. The molecular weight excluding hydrogens is 94.1 g/mol. The molecule has 1 aliphatic rings. The molecule has 2 heteroatoms. The highest BCUT2D eigenvalue weighted by molar-refractivity contribution is 8.02. The second-order valence-corrected chi connectivity index (χ2v) is 1.82. The van der Waals surface area contributed by atoms with Crippen molar-refractivity contribution < 1.29 is 0 Å². The van der Waals surface area contributed by atoms with Gasteiger partial charge in [0.2, 0.25) is 0 Å². The van der Waals surface area contributed by atoms with Crippen molar-refractivity contribution in [2.75, 3.05) is 5.88 Å². The second kappa shape index (κ2) is 2.03. The average molecular weight is 99.2 g/mol. The van der Waals surface area contributed by atoms with Gasteiger partial charge in [0.1, 0.15) is 0 Å². The second-order valence-electron chi connectivity index (χ2n) is 0.956. The van der Waals surface area contributed by atoms with Crippen LogP contribution >= 0.6 is 11.8 Å². The van der Waals surface area contributed by atoms with Crippen LogP contribution in [0.4, 0.5) is 0 Å². The van der Waals surface area contributed by atoms with Crippen LogP contribution in [0.5, 0.6) is 0 Å². The lowest BCUT2D eigenvalue weighted by Gasteiger charge is -1.88. The highest BCUT2D eigenvalue weighted by Gasteiger charge is 1.78. The standard InChI is InChI=1S/C4H5NS/c1-2-5-4-6-3-1/h1-3H,4H2. The number of hydrogen-bond donors (Lipinski definition) is 0. The predicted octanol–water partition coefficient (Wildman–Crippen LogP) is 1.28. The van der Waals surface area contributed by atoms with Crippen molar-refractivity contribution in [1.82, 2.24) is 0 Å². The van der Waals surface area contributed by atoms with Gasteiger partial charge in [0, 0.05) is 6.21 Å². The Morgan fingerprint density at radius 2 is 2.67 bits per heavy atom. The molecule has 0 amide bonds. The summed E-state index contributed by atoms with van der Waals surface area (Å²) in [6.45, 7) is 0. The van der Waals surface area contributed by atoms with Gasteiger partial charge in [-0.3, -0.25) is 4.99 Å². The third-order valence-corrected chi connectivity index (χ3v) is 1.16. The van der Waals surface area contributed by atoms with Gasteiger partial charge in [-0.1, -0.05) is 0 Å². The van der Waals surface area contributed by atoms with Gasteiger partial charge in [0.15, 0.2) is 0 Å². The van der Waals surface area contributed by atoms with Crippen molar-refractivity contribution in [2.45, 2.75) is 0 Å². The molecule has 1 aliphatic heterocycles. The smallest absolute Gasteiger partial charge is 0.0884 e. The van der Waals surface area contributed by atoms with Gasteiger partial charge in [-0.15, -0.1) is 11.8 Å². The van der Waals surface area contributed by atoms with Crippen molar-refractivity contribution in [3.8, 4) is 0 Å². The number of hydrogen-bond acceptors (Lipinski definition) is 2. The number of thioether (sulfide) groups is 1. The molecule has 0 bridgehead atoms. The third kappa shape index (κ3) is 0.863. The van der Waals surface area contributed by atoms with E-state index in [4.69, 9.17) is 0 Å². The van der Waals surface area contributed by atoms with Crippen LogP contribution in [-0.2, 0) is 0 Å². The zero-order valence-corrected chi connectivity index (χ0v) is 4.11. The molecule has 6 heavy (non-hydrogen) atoms. The van der Waals surface area contributed by atoms with E-state index in [-0.39, 0.29) is 0 Å². The maximum atomic E-state index is 3.93. The molecule has 1 heterocycles. The topological polar surface area (TPSA) is 12.4 Å². The van der Waals surface area contributed by atoms with E-state index in [0.717, 1.165) is 5.88 Å². The lowest BCUT2D eigenvalue weighted by atomic mass is 10.7. The molecule has 0 saturated carbocycles. The quantitative estimate of drug-likeness (QED) is 0.445. The van der Waals surface area contributed by atoms with Crippen LogP contribution in [0.25, 0.3) is 0 Å². The van der Waals surface area contributed by atoms with Gasteiger partial charge in [-0.25, -0.2) is 0 Å². The van der Waals surface area contributed by atoms with Crippen LogP contribution < -0.4 is 0 Å². The van der Waals surface area contributed by atoms with Crippen LogP contribution in [0.1, 0.15) is 0 Å². The number of nitrogens with zero attached hydrogens (tertiary/aromatic N) is 1. The van der Waals surface area contributed by atoms with E-state index in [9.17, 15) is 0 Å². The summed E-state index contributed by atoms with van der Waals surface area (Å²) in [6.07, 6.45) is 3.75. The molecule has 0 aromatic rings. The van der Waals surface area contributed by atoms with Crippen molar-refractivity contribution in [3.05, 3.63) is 11.5 Å². The number of rotatable bonds is 0. The van der Waals surface area contributed by atoms with Crippen molar-refractivity contribution >= 4 is 18.0 Å². The maximum Gasteiger partial charge on any atom is 0.0884 e. The highest BCUT2D eigenvalue weighted by atomic mass is 32.2. The van der Waals surface area contributed by atoms with Crippen molar-refractivity contribution in [2.24, 2.45) is 4.99 Å². The molecular formula is C4H5NS. The lowest BCUT2D eigenvalue weighted by molar-refractivity contribution is 1.40. The van der Waals surface area contributed by atoms with Crippen molar-refractivity contribution in [1.29, 1.82) is 0 Å². The SMILES string of the molecule is C1=CSCN=C1. The Bertz CT molecular complexity index is 73.5. The van der Waals surface area contributed by atoms with E-state index in [1.165, 1.54) is 0 Å². The van der Waals surface area contributed by atoms with Gasteiger partial charge in [0.05, 0.1) is 5.88 Å². The Hall–Kier alpha value is -0.240. The third-order valence-electron chi connectivity index (χ3n) is 0.515. The molecule has 0 radical (unpaired) electrons. The van der Waals surface area contributed by atoms with Crippen molar-refractivity contribution in [3.63, 3.8) is 0 Å². The normalized spacial score (nSPS) is 18.7. The Kier molecular flexibility index (Phi) is 1.33. The minimum absolute atomic E-state index is 0.899. The highest BCUT2D eigenvalue weighted by Crippen LogP contribution is 2.03. The first-order chi connectivity index (χ1) is 3.00. The molecule has 0 aromatic heterocycles. The Labute approximate surface area is 41.2 Å². The van der Waals surface area contributed by atoms with E-state index in [0.29, 0.717) is 0 Å². The maximum absolute atomic E-state index is 3.93. The first kappa shape index (κ1) is 3.93. The average Bonchev–Trinajstić information content (AvgIpc) is 1.72. The summed E-state index contributed by atoms with van der Waals surface area (Å²) in [5.74, 6) is 0.899. The molecule has 0 saturated heterocycles. The summed E-state index contributed by atoms with van der Waals surface area (Å²) in [7, 11) is 0. The molecule has 0 spiro atoms. The fraction of sp³-hybridized carbons (Fsp3) is 0.250. The predicted molar refractivity (Wildman–Crippen MR) is 30.1 cm³/mol. The lowest BCUT2D eigenvalue weighted by Crippen LogP contribution is -1.74. The van der Waals surface area contributed by atoms with Gasteiger partial charge in [-0.05, 0) is 11.5 Å². The Morgan fingerprint density at radius 3 is 2.83 bits per heavy atom. The molecule has 1 rings (SSSR count). The van der Waals surface area contributed by atoms with E-state index in [1.807, 2.05) is 17.7 Å². The van der Waals surface area contributed by atoms with Gasteiger partial charge in [0.25, 0.3) is 0 Å². The van der Waals surface area contributed by atoms with E-state index >= 15 is 0 Å². The van der Waals surface area contributed by atoms with Gasteiger partial charge < -0.3 is 0 Å². The number of aliphatic imine (C=N–C) groups is 1. The first-order valence-corrected chi connectivity index (χ1v) is 2.81. The summed E-state index contributed by atoms with van der Waals surface area (Å²) >= 11 is 1.72. The van der Waals surface area contributed by atoms with Gasteiger partial charge >= 0.3 is 0 Å². The van der Waals surface area contributed by atoms with Gasteiger partial charge in [-0.2, -0.15) is 0 Å². The molecule has 0 unspecified atom stereocenters. The summed E-state index contributed by atoms with van der Waals surface area (Å²) < 4.78 is 0.